The normalized spacial score (nSPS) is 12.4. The number of anilines is 1. The Labute approximate surface area is 180 Å². The third-order valence-corrected chi connectivity index (χ3v) is 5.74. The van der Waals surface area contributed by atoms with Crippen LogP contribution in [0.25, 0.3) is 11.4 Å². The van der Waals surface area contributed by atoms with Gasteiger partial charge in [0.25, 0.3) is 0 Å². The van der Waals surface area contributed by atoms with E-state index in [0.29, 0.717) is 5.82 Å². The van der Waals surface area contributed by atoms with Crippen LogP contribution in [0.5, 0.6) is 0 Å². The zero-order valence-electron chi connectivity index (χ0n) is 17.4. The van der Waals surface area contributed by atoms with E-state index in [4.69, 9.17) is 4.52 Å². The van der Waals surface area contributed by atoms with Crippen LogP contribution in [0.15, 0.2) is 53.1 Å². The molecule has 1 heterocycles. The Hall–Kier alpha value is -3.27. The molecule has 1 atom stereocenters. The molecule has 1 aromatic heterocycles. The monoisotopic (exact) mass is 446 g/mol. The van der Waals surface area contributed by atoms with Crippen LogP contribution in [0.4, 0.5) is 10.1 Å². The molecule has 1 unspecified atom stereocenters. The van der Waals surface area contributed by atoms with E-state index in [-0.39, 0.29) is 24.5 Å². The number of carbonyl (C=O) groups is 1. The lowest BCUT2D eigenvalue weighted by atomic mass is 10.1. The molecule has 2 aromatic carbocycles. The molecular formula is C21H23FN4O4S. The molecule has 0 aliphatic heterocycles. The zero-order chi connectivity index (χ0) is 22.6. The molecule has 0 fully saturated rings. The number of amides is 1. The predicted octanol–water partition coefficient (Wildman–Crippen LogP) is 3.05. The second-order valence-corrected chi connectivity index (χ2v) is 8.89. The molecule has 3 aromatic rings. The van der Waals surface area contributed by atoms with Gasteiger partial charge in [-0.25, -0.2) is 12.8 Å². The van der Waals surface area contributed by atoms with Crippen LogP contribution < -0.4 is 9.62 Å². The fourth-order valence-electron chi connectivity index (χ4n) is 3.17. The van der Waals surface area contributed by atoms with Gasteiger partial charge in [0.2, 0.25) is 27.6 Å². The molecule has 3 rings (SSSR count). The molecule has 164 valence electrons. The average molecular weight is 447 g/mol. The molecule has 10 heteroatoms. The summed E-state index contributed by atoms with van der Waals surface area (Å²) in [5.41, 5.74) is 1.62. The highest BCUT2D eigenvalue weighted by molar-refractivity contribution is 7.92. The molecule has 0 saturated heterocycles. The van der Waals surface area contributed by atoms with Crippen LogP contribution in [-0.2, 0) is 21.4 Å². The SMILES string of the molecule is CCC(C(=O)NCc1nc(-c2cccc(C)c2)no1)N(c1ccccc1F)S(C)(=O)=O. The van der Waals surface area contributed by atoms with Gasteiger partial charge in [-0.05, 0) is 31.5 Å². The van der Waals surface area contributed by atoms with Crippen molar-refractivity contribution in [3.63, 3.8) is 0 Å². The number of hydrogen-bond donors (Lipinski definition) is 1. The Bertz CT molecular complexity index is 1180. The maximum Gasteiger partial charge on any atom is 0.246 e. The van der Waals surface area contributed by atoms with E-state index in [9.17, 15) is 17.6 Å². The van der Waals surface area contributed by atoms with Crippen molar-refractivity contribution in [2.24, 2.45) is 0 Å². The fourth-order valence-corrected chi connectivity index (χ4v) is 4.39. The summed E-state index contributed by atoms with van der Waals surface area (Å²) >= 11 is 0. The largest absolute Gasteiger partial charge is 0.345 e. The van der Waals surface area contributed by atoms with Crippen LogP contribution in [0.1, 0.15) is 24.8 Å². The van der Waals surface area contributed by atoms with Crippen molar-refractivity contribution in [2.45, 2.75) is 32.9 Å². The number of aryl methyl sites for hydroxylation is 1. The number of carbonyl (C=O) groups excluding carboxylic acids is 1. The van der Waals surface area contributed by atoms with Crippen LogP contribution >= 0.6 is 0 Å². The lowest BCUT2D eigenvalue weighted by Crippen LogP contribution is -2.49. The van der Waals surface area contributed by atoms with Gasteiger partial charge in [0.05, 0.1) is 18.5 Å². The molecule has 0 bridgehead atoms. The van der Waals surface area contributed by atoms with Crippen molar-refractivity contribution in [2.75, 3.05) is 10.6 Å². The quantitative estimate of drug-likeness (QED) is 0.570. The summed E-state index contributed by atoms with van der Waals surface area (Å²) < 4.78 is 45.1. The second-order valence-electron chi connectivity index (χ2n) is 7.03. The minimum absolute atomic E-state index is 0.0942. The van der Waals surface area contributed by atoms with Crippen molar-refractivity contribution in [3.8, 4) is 11.4 Å². The van der Waals surface area contributed by atoms with Gasteiger partial charge in [-0.2, -0.15) is 4.98 Å². The van der Waals surface area contributed by atoms with Crippen molar-refractivity contribution < 1.29 is 22.1 Å². The number of nitrogens with one attached hydrogen (secondary N) is 1. The fraction of sp³-hybridized carbons (Fsp3) is 0.286. The minimum atomic E-state index is -3.93. The Morgan fingerprint density at radius 2 is 1.97 bits per heavy atom. The Balaban J connectivity index is 1.77. The standard InChI is InChI=1S/C21H23FN4O4S/c1-4-17(26(31(3,28)29)18-11-6-5-10-16(18)22)21(27)23-13-19-24-20(25-30-19)15-9-7-8-14(2)12-15/h5-12,17H,4,13H2,1-3H3,(H,23,27). The smallest absolute Gasteiger partial charge is 0.246 e. The van der Waals surface area contributed by atoms with Gasteiger partial charge in [-0.15, -0.1) is 0 Å². The van der Waals surface area contributed by atoms with Crippen molar-refractivity contribution >= 4 is 21.6 Å². The first-order chi connectivity index (χ1) is 14.7. The van der Waals surface area contributed by atoms with Crippen LogP contribution in [0.2, 0.25) is 0 Å². The van der Waals surface area contributed by atoms with Crippen LogP contribution in [0.3, 0.4) is 0 Å². The van der Waals surface area contributed by atoms with Gasteiger partial charge in [0.1, 0.15) is 11.9 Å². The van der Waals surface area contributed by atoms with E-state index in [1.54, 1.807) is 6.92 Å². The van der Waals surface area contributed by atoms with E-state index >= 15 is 0 Å². The first kappa shape index (κ1) is 22.4. The summed E-state index contributed by atoms with van der Waals surface area (Å²) in [6.07, 6.45) is 1.06. The maximum atomic E-state index is 14.3. The van der Waals surface area contributed by atoms with Crippen molar-refractivity contribution in [1.82, 2.24) is 15.5 Å². The second kappa shape index (κ2) is 9.25. The highest BCUT2D eigenvalue weighted by Crippen LogP contribution is 2.25. The summed E-state index contributed by atoms with van der Waals surface area (Å²) in [5.74, 6) is -0.800. The van der Waals surface area contributed by atoms with Gasteiger partial charge in [-0.1, -0.05) is 48.0 Å². The highest BCUT2D eigenvalue weighted by atomic mass is 32.2. The number of para-hydroxylation sites is 1. The molecule has 0 saturated carbocycles. The Morgan fingerprint density at radius 1 is 1.23 bits per heavy atom. The zero-order valence-corrected chi connectivity index (χ0v) is 18.2. The number of benzene rings is 2. The van der Waals surface area contributed by atoms with Gasteiger partial charge < -0.3 is 9.84 Å². The molecule has 0 aliphatic carbocycles. The van der Waals surface area contributed by atoms with E-state index < -0.39 is 27.8 Å². The van der Waals surface area contributed by atoms with Gasteiger partial charge >= 0.3 is 0 Å². The molecule has 0 spiro atoms. The van der Waals surface area contributed by atoms with E-state index in [0.717, 1.165) is 27.8 Å². The molecule has 1 amide bonds. The lowest BCUT2D eigenvalue weighted by molar-refractivity contribution is -0.122. The number of hydrogen-bond acceptors (Lipinski definition) is 6. The molecule has 8 nitrogen and oxygen atoms in total. The predicted molar refractivity (Wildman–Crippen MR) is 114 cm³/mol. The van der Waals surface area contributed by atoms with Gasteiger partial charge in [-0.3, -0.25) is 9.10 Å². The molecular weight excluding hydrogens is 423 g/mol. The molecule has 0 aliphatic rings. The Kier molecular flexibility index (Phi) is 6.69. The van der Waals surface area contributed by atoms with Crippen molar-refractivity contribution in [3.05, 3.63) is 65.8 Å². The first-order valence-electron chi connectivity index (χ1n) is 9.62. The lowest BCUT2D eigenvalue weighted by Gasteiger charge is -2.30. The summed E-state index contributed by atoms with van der Waals surface area (Å²) in [6, 6.07) is 11.8. The minimum Gasteiger partial charge on any atom is -0.345 e. The third kappa shape index (κ3) is 5.26. The number of nitrogens with zero attached hydrogens (tertiary/aromatic N) is 3. The third-order valence-electron chi connectivity index (χ3n) is 4.58. The van der Waals surface area contributed by atoms with E-state index in [1.165, 1.54) is 18.2 Å². The van der Waals surface area contributed by atoms with Gasteiger partial charge in [0.15, 0.2) is 0 Å². The number of sulfonamides is 1. The summed E-state index contributed by atoms with van der Waals surface area (Å²) in [6.45, 7) is 3.49. The highest BCUT2D eigenvalue weighted by Gasteiger charge is 2.33. The first-order valence-corrected chi connectivity index (χ1v) is 11.5. The summed E-state index contributed by atoms with van der Waals surface area (Å²) in [7, 11) is -3.93. The summed E-state index contributed by atoms with van der Waals surface area (Å²) in [4.78, 5) is 17.1. The van der Waals surface area contributed by atoms with Crippen molar-refractivity contribution in [1.29, 1.82) is 0 Å². The van der Waals surface area contributed by atoms with E-state index in [1.807, 2.05) is 31.2 Å². The summed E-state index contributed by atoms with van der Waals surface area (Å²) in [5, 5.41) is 6.51. The molecule has 1 N–H and O–H groups in total. The number of aromatic nitrogens is 2. The molecule has 31 heavy (non-hydrogen) atoms. The average Bonchev–Trinajstić information content (AvgIpc) is 3.19. The maximum absolute atomic E-state index is 14.3. The van der Waals surface area contributed by atoms with Crippen LogP contribution in [-0.4, -0.2) is 36.8 Å². The number of rotatable bonds is 8. The topological polar surface area (TPSA) is 105 Å². The van der Waals surface area contributed by atoms with E-state index in [2.05, 4.69) is 15.5 Å². The van der Waals surface area contributed by atoms with Gasteiger partial charge in [0, 0.05) is 5.56 Å². The van der Waals surface area contributed by atoms with Crippen LogP contribution in [0, 0.1) is 12.7 Å². The Morgan fingerprint density at radius 3 is 2.61 bits per heavy atom. The number of halogens is 1. The molecule has 0 radical (unpaired) electrons.